The van der Waals surface area contributed by atoms with Gasteiger partial charge < -0.3 is 19.3 Å². The van der Waals surface area contributed by atoms with E-state index in [2.05, 4.69) is 4.74 Å². The summed E-state index contributed by atoms with van der Waals surface area (Å²) in [6, 6.07) is 15.1. The molecule has 1 N–H and O–H groups in total. The first-order chi connectivity index (χ1) is 17.2. The van der Waals surface area contributed by atoms with Crippen LogP contribution in [0.25, 0.3) is 10.8 Å². The van der Waals surface area contributed by atoms with Crippen molar-refractivity contribution in [2.24, 2.45) is 5.41 Å². The molecule has 0 radical (unpaired) electrons. The summed E-state index contributed by atoms with van der Waals surface area (Å²) in [4.78, 5) is 24.3. The smallest absolute Gasteiger partial charge is 0.387 e. The molecule has 0 unspecified atom stereocenters. The van der Waals surface area contributed by atoms with E-state index in [0.29, 0.717) is 31.7 Å². The molecule has 9 heteroatoms. The van der Waals surface area contributed by atoms with Gasteiger partial charge in [-0.3, -0.25) is 4.79 Å². The van der Waals surface area contributed by atoms with Gasteiger partial charge in [-0.05, 0) is 48.9 Å². The lowest BCUT2D eigenvalue weighted by Gasteiger charge is -2.35. The summed E-state index contributed by atoms with van der Waals surface area (Å²) in [6.07, 6.45) is 1.16. The highest BCUT2D eigenvalue weighted by atomic mass is 19.3. The lowest BCUT2D eigenvalue weighted by atomic mass is 9.74. The zero-order valence-electron chi connectivity index (χ0n) is 19.5. The predicted octanol–water partition coefficient (Wildman–Crippen LogP) is 6.35. The molecule has 4 rings (SSSR count). The first-order valence-corrected chi connectivity index (χ1v) is 11.5. The normalized spacial score (nSPS) is 19.8. The molecule has 0 saturated heterocycles. The Labute approximate surface area is 205 Å². The van der Waals surface area contributed by atoms with Crippen molar-refractivity contribution in [1.29, 1.82) is 0 Å². The molecule has 0 spiro atoms. The molecule has 1 aliphatic rings. The van der Waals surface area contributed by atoms with Crippen LogP contribution in [0, 0.1) is 11.2 Å². The number of rotatable bonds is 8. The first-order valence-electron chi connectivity index (χ1n) is 11.5. The SMILES string of the molecule is CC1(C(=O)OCc2cccc3ccccc23)CCC(Oc2cc(C(=O)O)c(OC(F)F)cc2F)CC1. The minimum atomic E-state index is -3.30. The third-order valence-electron chi connectivity index (χ3n) is 6.54. The molecule has 0 atom stereocenters. The zero-order valence-corrected chi connectivity index (χ0v) is 19.5. The summed E-state index contributed by atoms with van der Waals surface area (Å²) >= 11 is 0. The van der Waals surface area contributed by atoms with Crippen molar-refractivity contribution in [1.82, 2.24) is 0 Å². The van der Waals surface area contributed by atoms with Gasteiger partial charge in [-0.15, -0.1) is 0 Å². The van der Waals surface area contributed by atoms with Gasteiger partial charge in [0.2, 0.25) is 0 Å². The summed E-state index contributed by atoms with van der Waals surface area (Å²) in [7, 11) is 0. The second-order valence-electron chi connectivity index (χ2n) is 9.05. The molecule has 0 bridgehead atoms. The second kappa shape index (κ2) is 10.5. The number of hydrogen-bond donors (Lipinski definition) is 1. The van der Waals surface area contributed by atoms with Crippen molar-refractivity contribution in [3.63, 3.8) is 0 Å². The average molecular weight is 502 g/mol. The Morgan fingerprint density at radius 3 is 2.44 bits per heavy atom. The van der Waals surface area contributed by atoms with Gasteiger partial charge in [0, 0.05) is 12.1 Å². The Morgan fingerprint density at radius 1 is 1.06 bits per heavy atom. The Morgan fingerprint density at radius 2 is 1.75 bits per heavy atom. The number of esters is 1. The Bertz CT molecular complexity index is 1260. The lowest BCUT2D eigenvalue weighted by Crippen LogP contribution is -2.37. The number of hydrogen-bond acceptors (Lipinski definition) is 5. The quantitative estimate of drug-likeness (QED) is 0.362. The van der Waals surface area contributed by atoms with Crippen LogP contribution in [0.1, 0.15) is 48.5 Å². The Hall–Kier alpha value is -3.75. The number of carbonyl (C=O) groups is 2. The fraction of sp³-hybridized carbons (Fsp3) is 0.333. The Balaban J connectivity index is 1.38. The van der Waals surface area contributed by atoms with Crippen molar-refractivity contribution >= 4 is 22.7 Å². The number of alkyl halides is 2. The van der Waals surface area contributed by atoms with Crippen LogP contribution in [0.15, 0.2) is 54.6 Å². The standard InChI is InChI=1S/C27H25F3O6/c1-27(25(33)34-15-17-7-4-6-16-5-2-3-8-19(16)17)11-9-18(10-12-27)35-23-13-20(24(31)32)22(14-21(23)28)36-26(29)30/h2-8,13-14,18,26H,9-12,15H2,1H3,(H,31,32). The van der Waals surface area contributed by atoms with E-state index < -0.39 is 41.2 Å². The number of carbonyl (C=O) groups excluding carboxylic acids is 1. The maximum absolute atomic E-state index is 14.4. The van der Waals surface area contributed by atoms with Crippen LogP contribution in [0.3, 0.4) is 0 Å². The average Bonchev–Trinajstić information content (AvgIpc) is 2.85. The van der Waals surface area contributed by atoms with E-state index in [-0.39, 0.29) is 18.3 Å². The maximum atomic E-state index is 14.4. The summed E-state index contributed by atoms with van der Waals surface area (Å²) in [6.45, 7) is -1.34. The highest BCUT2D eigenvalue weighted by Crippen LogP contribution is 2.40. The molecule has 0 amide bonds. The minimum Gasteiger partial charge on any atom is -0.487 e. The van der Waals surface area contributed by atoms with Crippen molar-refractivity contribution in [3.05, 3.63) is 71.5 Å². The van der Waals surface area contributed by atoms with Gasteiger partial charge in [0.1, 0.15) is 17.9 Å². The molecular weight excluding hydrogens is 477 g/mol. The molecule has 3 aromatic rings. The molecular formula is C27H25F3O6. The number of carboxylic acid groups (broad SMARTS) is 1. The Kier molecular flexibility index (Phi) is 7.37. The van der Waals surface area contributed by atoms with Crippen LogP contribution >= 0.6 is 0 Å². The first kappa shape index (κ1) is 25.3. The van der Waals surface area contributed by atoms with E-state index in [1.165, 1.54) is 0 Å². The summed E-state index contributed by atoms with van der Waals surface area (Å²) in [5, 5.41) is 11.3. The van der Waals surface area contributed by atoms with Gasteiger partial charge in [-0.2, -0.15) is 8.78 Å². The number of ether oxygens (including phenoxy) is 3. The van der Waals surface area contributed by atoms with Gasteiger partial charge in [0.25, 0.3) is 0 Å². The maximum Gasteiger partial charge on any atom is 0.387 e. The van der Waals surface area contributed by atoms with Gasteiger partial charge in [-0.1, -0.05) is 42.5 Å². The predicted molar refractivity (Wildman–Crippen MR) is 125 cm³/mol. The van der Waals surface area contributed by atoms with Crippen LogP contribution < -0.4 is 9.47 Å². The van der Waals surface area contributed by atoms with Gasteiger partial charge in [0.15, 0.2) is 11.6 Å². The summed E-state index contributed by atoms with van der Waals surface area (Å²) in [5.74, 6) is -4.06. The highest BCUT2D eigenvalue weighted by molar-refractivity contribution is 5.91. The molecule has 3 aromatic carbocycles. The van der Waals surface area contributed by atoms with Crippen LogP contribution in [0.4, 0.5) is 13.2 Å². The molecule has 36 heavy (non-hydrogen) atoms. The van der Waals surface area contributed by atoms with Crippen LogP contribution in [0.5, 0.6) is 11.5 Å². The molecule has 1 fully saturated rings. The van der Waals surface area contributed by atoms with E-state index in [0.717, 1.165) is 22.4 Å². The monoisotopic (exact) mass is 502 g/mol. The topological polar surface area (TPSA) is 82.1 Å². The highest BCUT2D eigenvalue weighted by Gasteiger charge is 2.40. The van der Waals surface area contributed by atoms with Crippen molar-refractivity contribution in [3.8, 4) is 11.5 Å². The number of halogens is 3. The number of fused-ring (bicyclic) bond motifs is 1. The molecule has 6 nitrogen and oxygen atoms in total. The number of carboxylic acids is 1. The molecule has 0 aliphatic heterocycles. The molecule has 190 valence electrons. The van der Waals surface area contributed by atoms with Crippen molar-refractivity contribution in [2.75, 3.05) is 0 Å². The van der Waals surface area contributed by atoms with Crippen LogP contribution in [0.2, 0.25) is 0 Å². The summed E-state index contributed by atoms with van der Waals surface area (Å²) in [5.41, 5.74) is -0.472. The largest absolute Gasteiger partial charge is 0.487 e. The second-order valence-corrected chi connectivity index (χ2v) is 9.05. The molecule has 0 heterocycles. The third-order valence-corrected chi connectivity index (χ3v) is 6.54. The number of aromatic carboxylic acids is 1. The van der Waals surface area contributed by atoms with Crippen molar-refractivity contribution in [2.45, 2.75) is 51.9 Å². The van der Waals surface area contributed by atoms with Crippen LogP contribution in [-0.4, -0.2) is 29.8 Å². The minimum absolute atomic E-state index is 0.145. The third kappa shape index (κ3) is 5.56. The lowest BCUT2D eigenvalue weighted by molar-refractivity contribution is -0.159. The number of benzene rings is 3. The van der Waals surface area contributed by atoms with E-state index >= 15 is 0 Å². The van der Waals surface area contributed by atoms with E-state index in [1.807, 2.05) is 49.4 Å². The van der Waals surface area contributed by atoms with Crippen LogP contribution in [-0.2, 0) is 16.1 Å². The van der Waals surface area contributed by atoms with E-state index in [4.69, 9.17) is 9.47 Å². The van der Waals surface area contributed by atoms with E-state index in [9.17, 15) is 27.9 Å². The van der Waals surface area contributed by atoms with Gasteiger partial charge in [0.05, 0.1) is 11.5 Å². The zero-order chi connectivity index (χ0) is 25.9. The fourth-order valence-electron chi connectivity index (χ4n) is 4.45. The van der Waals surface area contributed by atoms with Gasteiger partial charge in [-0.25, -0.2) is 9.18 Å². The fourth-order valence-corrected chi connectivity index (χ4v) is 4.45. The van der Waals surface area contributed by atoms with E-state index in [1.54, 1.807) is 0 Å². The summed E-state index contributed by atoms with van der Waals surface area (Å²) < 4.78 is 54.9. The molecule has 1 saturated carbocycles. The van der Waals surface area contributed by atoms with Gasteiger partial charge >= 0.3 is 18.6 Å². The van der Waals surface area contributed by atoms with Crippen molar-refractivity contribution < 1.29 is 42.1 Å². The molecule has 1 aliphatic carbocycles. The molecule has 0 aromatic heterocycles.